The van der Waals surface area contributed by atoms with Crippen molar-refractivity contribution in [2.45, 2.75) is 39.2 Å². The van der Waals surface area contributed by atoms with E-state index >= 15 is 0 Å². The van der Waals surface area contributed by atoms with Crippen LogP contribution in [-0.2, 0) is 14.3 Å². The van der Waals surface area contributed by atoms with Gasteiger partial charge in [-0.05, 0) is 26.2 Å². The predicted octanol–water partition coefficient (Wildman–Crippen LogP) is 0.606. The highest BCUT2D eigenvalue weighted by Gasteiger charge is 2.21. The molecular formula is C16H32N4O3. The summed E-state index contributed by atoms with van der Waals surface area (Å²) in [7, 11) is 1.71. The molecule has 0 aliphatic carbocycles. The molecule has 0 saturated carbocycles. The molecule has 0 radical (unpaired) electrons. The Hall–Kier alpha value is -1.34. The average molecular weight is 328 g/mol. The van der Waals surface area contributed by atoms with E-state index in [0.717, 1.165) is 58.1 Å². The van der Waals surface area contributed by atoms with E-state index < -0.39 is 0 Å². The molecule has 0 bridgehead atoms. The fourth-order valence-electron chi connectivity index (χ4n) is 2.51. The molecule has 1 saturated heterocycles. The first-order valence-corrected chi connectivity index (χ1v) is 8.55. The van der Waals surface area contributed by atoms with Crippen LogP contribution in [0.2, 0.25) is 0 Å². The molecule has 1 amide bonds. The van der Waals surface area contributed by atoms with Crippen molar-refractivity contribution in [2.24, 2.45) is 4.99 Å². The van der Waals surface area contributed by atoms with Crippen molar-refractivity contribution >= 4 is 11.9 Å². The van der Waals surface area contributed by atoms with Gasteiger partial charge in [0, 0.05) is 53.4 Å². The van der Waals surface area contributed by atoms with Gasteiger partial charge in [0.05, 0.1) is 12.6 Å². The number of aliphatic imine (C=N–C) groups is 1. The van der Waals surface area contributed by atoms with Crippen molar-refractivity contribution in [2.75, 3.05) is 53.0 Å². The van der Waals surface area contributed by atoms with Gasteiger partial charge in [-0.3, -0.25) is 9.79 Å². The Morgan fingerprint density at radius 1 is 1.26 bits per heavy atom. The van der Waals surface area contributed by atoms with E-state index in [9.17, 15) is 4.79 Å². The van der Waals surface area contributed by atoms with Gasteiger partial charge >= 0.3 is 0 Å². The summed E-state index contributed by atoms with van der Waals surface area (Å²) in [6.07, 6.45) is 3.32. The van der Waals surface area contributed by atoms with Crippen LogP contribution >= 0.6 is 0 Å². The number of nitrogens with zero attached hydrogens (tertiary/aromatic N) is 2. The summed E-state index contributed by atoms with van der Waals surface area (Å²) in [4.78, 5) is 17.7. The summed E-state index contributed by atoms with van der Waals surface area (Å²) in [6.45, 7) is 9.00. The van der Waals surface area contributed by atoms with Crippen molar-refractivity contribution in [1.29, 1.82) is 0 Å². The first-order chi connectivity index (χ1) is 11.2. The average Bonchev–Trinajstić information content (AvgIpc) is 2.55. The Labute approximate surface area is 139 Å². The smallest absolute Gasteiger partial charge is 0.216 e. The zero-order chi connectivity index (χ0) is 16.9. The predicted molar refractivity (Wildman–Crippen MR) is 91.7 cm³/mol. The molecule has 1 aliphatic rings. The summed E-state index contributed by atoms with van der Waals surface area (Å²) in [5.74, 6) is 0.910. The van der Waals surface area contributed by atoms with Gasteiger partial charge in [0.25, 0.3) is 0 Å². The Kier molecular flexibility index (Phi) is 10.4. The van der Waals surface area contributed by atoms with Crippen LogP contribution in [0.5, 0.6) is 0 Å². The topological polar surface area (TPSA) is 75.2 Å². The lowest BCUT2D eigenvalue weighted by Crippen LogP contribution is -2.47. The van der Waals surface area contributed by atoms with E-state index in [4.69, 9.17) is 9.47 Å². The molecule has 2 N–H and O–H groups in total. The van der Waals surface area contributed by atoms with Crippen LogP contribution < -0.4 is 10.6 Å². The number of amides is 1. The van der Waals surface area contributed by atoms with Gasteiger partial charge in [-0.1, -0.05) is 0 Å². The van der Waals surface area contributed by atoms with Crippen molar-refractivity contribution < 1.29 is 14.3 Å². The highest BCUT2D eigenvalue weighted by molar-refractivity contribution is 5.80. The SMILES string of the molecule is CCNC(=NCCNC(C)=O)N1CCC(OCCCOC)CC1. The molecule has 1 rings (SSSR count). The zero-order valence-electron chi connectivity index (χ0n) is 14.8. The fraction of sp³-hybridized carbons (Fsp3) is 0.875. The van der Waals surface area contributed by atoms with Crippen LogP contribution in [0, 0.1) is 0 Å². The van der Waals surface area contributed by atoms with Gasteiger partial charge in [0.1, 0.15) is 0 Å². The summed E-state index contributed by atoms with van der Waals surface area (Å²) >= 11 is 0. The minimum Gasteiger partial charge on any atom is -0.385 e. The van der Waals surface area contributed by atoms with E-state index in [1.54, 1.807) is 7.11 Å². The molecule has 23 heavy (non-hydrogen) atoms. The monoisotopic (exact) mass is 328 g/mol. The number of carbonyl (C=O) groups is 1. The van der Waals surface area contributed by atoms with Gasteiger partial charge < -0.3 is 25.0 Å². The molecular weight excluding hydrogens is 296 g/mol. The van der Waals surface area contributed by atoms with Crippen LogP contribution in [0.15, 0.2) is 4.99 Å². The Morgan fingerprint density at radius 2 is 2.00 bits per heavy atom. The molecule has 0 aromatic heterocycles. The first-order valence-electron chi connectivity index (χ1n) is 8.55. The maximum Gasteiger partial charge on any atom is 0.216 e. The van der Waals surface area contributed by atoms with E-state index in [0.29, 0.717) is 19.2 Å². The molecule has 0 unspecified atom stereocenters. The van der Waals surface area contributed by atoms with Crippen molar-refractivity contribution in [3.63, 3.8) is 0 Å². The van der Waals surface area contributed by atoms with Crippen LogP contribution in [0.4, 0.5) is 0 Å². The summed E-state index contributed by atoms with van der Waals surface area (Å²) in [5, 5.41) is 6.08. The number of nitrogens with one attached hydrogen (secondary N) is 2. The molecule has 1 fully saturated rings. The van der Waals surface area contributed by atoms with Crippen LogP contribution in [0.25, 0.3) is 0 Å². The molecule has 0 aromatic rings. The third kappa shape index (κ3) is 8.76. The lowest BCUT2D eigenvalue weighted by Gasteiger charge is -2.34. The third-order valence-corrected chi connectivity index (χ3v) is 3.67. The summed E-state index contributed by atoms with van der Waals surface area (Å²) < 4.78 is 10.9. The number of methoxy groups -OCH3 is 1. The molecule has 1 heterocycles. The maximum atomic E-state index is 10.9. The molecule has 0 aromatic carbocycles. The van der Waals surface area contributed by atoms with E-state index in [2.05, 4.69) is 27.4 Å². The van der Waals surface area contributed by atoms with E-state index in [-0.39, 0.29) is 5.91 Å². The second-order valence-corrected chi connectivity index (χ2v) is 5.62. The second kappa shape index (κ2) is 12.1. The Morgan fingerprint density at radius 3 is 2.61 bits per heavy atom. The van der Waals surface area contributed by atoms with Gasteiger partial charge in [-0.25, -0.2) is 0 Å². The van der Waals surface area contributed by atoms with Gasteiger partial charge in [0.15, 0.2) is 5.96 Å². The molecule has 7 nitrogen and oxygen atoms in total. The number of guanidine groups is 1. The van der Waals surface area contributed by atoms with Crippen molar-refractivity contribution in [1.82, 2.24) is 15.5 Å². The van der Waals surface area contributed by atoms with Crippen LogP contribution in [0.1, 0.15) is 33.1 Å². The number of rotatable bonds is 9. The Bertz CT molecular complexity index is 355. The minimum atomic E-state index is -0.0170. The lowest BCUT2D eigenvalue weighted by molar-refractivity contribution is -0.118. The summed E-state index contributed by atoms with van der Waals surface area (Å²) in [5.41, 5.74) is 0. The van der Waals surface area contributed by atoms with Gasteiger partial charge in [0.2, 0.25) is 5.91 Å². The summed E-state index contributed by atoms with van der Waals surface area (Å²) in [6, 6.07) is 0. The van der Waals surface area contributed by atoms with Crippen molar-refractivity contribution in [3.8, 4) is 0 Å². The quantitative estimate of drug-likeness (QED) is 0.368. The highest BCUT2D eigenvalue weighted by atomic mass is 16.5. The maximum absolute atomic E-state index is 10.9. The second-order valence-electron chi connectivity index (χ2n) is 5.62. The fourth-order valence-corrected chi connectivity index (χ4v) is 2.51. The Balaban J connectivity index is 2.32. The highest BCUT2D eigenvalue weighted by Crippen LogP contribution is 2.14. The third-order valence-electron chi connectivity index (χ3n) is 3.67. The number of piperidine rings is 1. The molecule has 0 atom stereocenters. The molecule has 134 valence electrons. The number of ether oxygens (including phenoxy) is 2. The van der Waals surface area contributed by atoms with E-state index in [1.165, 1.54) is 6.92 Å². The van der Waals surface area contributed by atoms with Crippen molar-refractivity contribution in [3.05, 3.63) is 0 Å². The lowest BCUT2D eigenvalue weighted by atomic mass is 10.1. The standard InChI is InChI=1S/C16H32N4O3/c1-4-17-16(19-9-8-18-14(2)21)20-10-6-15(7-11-20)23-13-5-12-22-3/h15H,4-13H2,1-3H3,(H,17,19)(H,18,21). The molecule has 1 aliphatic heterocycles. The van der Waals surface area contributed by atoms with E-state index in [1.807, 2.05) is 0 Å². The zero-order valence-corrected chi connectivity index (χ0v) is 14.8. The number of hydrogen-bond donors (Lipinski definition) is 2. The number of carbonyl (C=O) groups excluding carboxylic acids is 1. The molecule has 7 heteroatoms. The first kappa shape index (κ1) is 19.7. The van der Waals surface area contributed by atoms with Crippen LogP contribution in [0.3, 0.4) is 0 Å². The minimum absolute atomic E-state index is 0.0170. The normalized spacial score (nSPS) is 16.5. The largest absolute Gasteiger partial charge is 0.385 e. The number of hydrogen-bond acceptors (Lipinski definition) is 4. The molecule has 0 spiro atoms. The van der Waals surface area contributed by atoms with Gasteiger partial charge in [-0.2, -0.15) is 0 Å². The van der Waals surface area contributed by atoms with Crippen LogP contribution in [-0.4, -0.2) is 75.9 Å². The van der Waals surface area contributed by atoms with Gasteiger partial charge in [-0.15, -0.1) is 0 Å². The number of likely N-dealkylation sites (tertiary alicyclic amines) is 1.